The molecule has 0 atom stereocenters. The molecule has 0 spiro atoms. The number of phenolic OH excluding ortho intramolecular Hbond substituents is 2. The lowest BCUT2D eigenvalue weighted by Gasteiger charge is -2.12. The number of nitrogens with one attached hydrogen (secondary N) is 7. The number of anilines is 7. The zero-order valence-corrected chi connectivity index (χ0v) is 32.4. The number of benzene rings is 4. The van der Waals surface area contributed by atoms with Crippen LogP contribution in [0.25, 0.3) is 0 Å². The van der Waals surface area contributed by atoms with Crippen LogP contribution in [0.3, 0.4) is 0 Å². The first-order chi connectivity index (χ1) is 28.8. The van der Waals surface area contributed by atoms with E-state index in [1.165, 1.54) is 0 Å². The van der Waals surface area contributed by atoms with Crippen molar-refractivity contribution in [2.45, 2.75) is 57.8 Å². The first kappa shape index (κ1) is 41.1. The van der Waals surface area contributed by atoms with E-state index in [0.29, 0.717) is 56.4 Å². The molecule has 0 aliphatic carbocycles. The van der Waals surface area contributed by atoms with Crippen LogP contribution in [0.2, 0.25) is 0 Å². The molecule has 0 radical (unpaired) electrons. The Hall–Kier alpha value is -7.56. The maximum absolute atomic E-state index is 12.7. The number of aromatic nitrogens is 6. The molecule has 0 saturated carbocycles. The Labute approximate surface area is 341 Å². The molecule has 6 aromatic rings. The Balaban J connectivity index is 0.930. The van der Waals surface area contributed by atoms with Gasteiger partial charge in [-0.25, -0.2) is 0 Å². The van der Waals surface area contributed by atoms with E-state index in [1.807, 2.05) is 84.9 Å². The van der Waals surface area contributed by atoms with E-state index in [-0.39, 0.29) is 54.0 Å². The summed E-state index contributed by atoms with van der Waals surface area (Å²) in [5.74, 6) is 1.77. The van der Waals surface area contributed by atoms with Crippen LogP contribution in [0.4, 0.5) is 41.1 Å². The van der Waals surface area contributed by atoms with Gasteiger partial charge in [-0.15, -0.1) is 0 Å². The van der Waals surface area contributed by atoms with Crippen LogP contribution in [0.15, 0.2) is 109 Å². The summed E-state index contributed by atoms with van der Waals surface area (Å²) in [4.78, 5) is 52.2. The molecule has 304 valence electrons. The lowest BCUT2D eigenvalue weighted by atomic mass is 10.1. The Kier molecular flexibility index (Phi) is 15.1. The summed E-state index contributed by atoms with van der Waals surface area (Å²) in [5.41, 5.74) is 14.6. The maximum Gasteiger partial charge on any atom is 0.248 e. The summed E-state index contributed by atoms with van der Waals surface area (Å²) in [7, 11) is 0. The number of hydrazine groups is 2. The number of hydrogen-bond donors (Lipinski definition) is 9. The van der Waals surface area contributed by atoms with Gasteiger partial charge in [0.2, 0.25) is 41.6 Å². The fourth-order valence-electron chi connectivity index (χ4n) is 5.73. The SMILES string of the molecule is O=C(CCCCCC(=O)NNc1nc(NCCc2ccc(O)cc2)nc(Nc2ccccc2)n1)NNc1nc(CCCc2ccc(O)cc2)nc(Nc2ccccc2)n1. The summed E-state index contributed by atoms with van der Waals surface area (Å²) in [6.07, 6.45) is 5.02. The van der Waals surface area contributed by atoms with Gasteiger partial charge in [0, 0.05) is 37.2 Å². The van der Waals surface area contributed by atoms with Gasteiger partial charge in [0.05, 0.1) is 0 Å². The van der Waals surface area contributed by atoms with Gasteiger partial charge in [0.1, 0.15) is 17.3 Å². The number of unbranched alkanes of at least 4 members (excludes halogenated alkanes) is 2. The molecule has 0 aliphatic rings. The number of carbonyl (C=O) groups is 2. The van der Waals surface area contributed by atoms with Crippen molar-refractivity contribution in [3.63, 3.8) is 0 Å². The molecule has 9 N–H and O–H groups in total. The smallest absolute Gasteiger partial charge is 0.248 e. The zero-order chi connectivity index (χ0) is 41.1. The summed E-state index contributed by atoms with van der Waals surface area (Å²) in [5, 5.41) is 28.6. The predicted octanol–water partition coefficient (Wildman–Crippen LogP) is 6.32. The van der Waals surface area contributed by atoms with Crippen LogP contribution >= 0.6 is 0 Å². The van der Waals surface area contributed by atoms with Crippen LogP contribution in [0, 0.1) is 0 Å². The standard InChI is InChI=1S/C42H47N13O4/c56-33-23-19-29(20-24-33)11-10-16-35-46-39(44-31-12-4-1-5-13-31)50-41(47-35)54-52-36(58)17-8-3-9-18-37(59)53-55-42-49-38(43-28-27-30-21-25-34(57)26-22-30)48-40(51-42)45-32-14-6-2-7-15-32/h1-2,4-7,12-15,19-26,56-57H,3,8-11,16-18,27-28H2,(H,52,58)(H,53,59)(H2,44,46,47,50,54)(H3,43,45,48,49,51,55). The number of amides is 2. The number of rotatable bonds is 22. The van der Waals surface area contributed by atoms with Crippen LogP contribution < -0.4 is 37.7 Å². The number of carbonyl (C=O) groups excluding carboxylic acids is 2. The summed E-state index contributed by atoms with van der Waals surface area (Å²) in [6, 6.07) is 33.0. The van der Waals surface area contributed by atoms with Gasteiger partial charge in [0.25, 0.3) is 0 Å². The molecule has 59 heavy (non-hydrogen) atoms. The van der Waals surface area contributed by atoms with Crippen molar-refractivity contribution in [1.82, 2.24) is 40.8 Å². The monoisotopic (exact) mass is 797 g/mol. The highest BCUT2D eigenvalue weighted by molar-refractivity contribution is 5.77. The van der Waals surface area contributed by atoms with E-state index in [2.05, 4.69) is 67.6 Å². The van der Waals surface area contributed by atoms with Crippen LogP contribution in [0.1, 0.15) is 55.5 Å². The predicted molar refractivity (Wildman–Crippen MR) is 226 cm³/mol. The molecule has 2 heterocycles. The van der Waals surface area contributed by atoms with Crippen molar-refractivity contribution in [3.05, 3.63) is 126 Å². The quantitative estimate of drug-likeness (QED) is 0.0270. The molecule has 6 rings (SSSR count). The lowest BCUT2D eigenvalue weighted by molar-refractivity contribution is -0.121. The highest BCUT2D eigenvalue weighted by Crippen LogP contribution is 2.18. The van der Waals surface area contributed by atoms with Gasteiger partial charge in [-0.05, 0) is 91.8 Å². The second kappa shape index (κ2) is 21.7. The van der Waals surface area contributed by atoms with Crippen molar-refractivity contribution in [3.8, 4) is 11.5 Å². The van der Waals surface area contributed by atoms with E-state index in [0.717, 1.165) is 35.3 Å². The summed E-state index contributed by atoms with van der Waals surface area (Å²) in [6.45, 7) is 0.523. The largest absolute Gasteiger partial charge is 0.508 e. The van der Waals surface area contributed by atoms with Crippen LogP contribution in [-0.4, -0.2) is 58.5 Å². The van der Waals surface area contributed by atoms with Crippen molar-refractivity contribution >= 4 is 52.9 Å². The number of para-hydroxylation sites is 2. The third-order valence-corrected chi connectivity index (χ3v) is 8.75. The number of nitrogens with zero attached hydrogens (tertiary/aromatic N) is 6. The third-order valence-electron chi connectivity index (χ3n) is 8.75. The Morgan fingerprint density at radius 1 is 0.458 bits per heavy atom. The Morgan fingerprint density at radius 3 is 1.47 bits per heavy atom. The Morgan fingerprint density at radius 2 is 0.915 bits per heavy atom. The number of hydrogen-bond acceptors (Lipinski definition) is 15. The molecule has 0 unspecified atom stereocenters. The fourth-order valence-corrected chi connectivity index (χ4v) is 5.73. The highest BCUT2D eigenvalue weighted by Gasteiger charge is 2.12. The van der Waals surface area contributed by atoms with E-state index < -0.39 is 0 Å². The van der Waals surface area contributed by atoms with E-state index >= 15 is 0 Å². The van der Waals surface area contributed by atoms with E-state index in [9.17, 15) is 19.8 Å². The first-order valence-electron chi connectivity index (χ1n) is 19.4. The zero-order valence-electron chi connectivity index (χ0n) is 32.4. The number of aryl methyl sites for hydroxylation is 2. The molecule has 17 heteroatoms. The summed E-state index contributed by atoms with van der Waals surface area (Å²) >= 11 is 0. The molecule has 0 saturated heterocycles. The normalized spacial score (nSPS) is 10.6. The number of phenols is 2. The summed E-state index contributed by atoms with van der Waals surface area (Å²) < 4.78 is 0. The van der Waals surface area contributed by atoms with Crippen LogP contribution in [0.5, 0.6) is 11.5 Å². The molecule has 0 bridgehead atoms. The average molecular weight is 798 g/mol. The molecule has 17 nitrogen and oxygen atoms in total. The first-order valence-corrected chi connectivity index (χ1v) is 19.4. The molecule has 2 amide bonds. The molecular formula is C42H47N13O4. The second-order valence-corrected chi connectivity index (χ2v) is 13.5. The van der Waals surface area contributed by atoms with Crippen molar-refractivity contribution in [2.75, 3.05) is 33.3 Å². The van der Waals surface area contributed by atoms with Gasteiger partial charge in [-0.3, -0.25) is 31.3 Å². The van der Waals surface area contributed by atoms with Gasteiger partial charge >= 0.3 is 0 Å². The van der Waals surface area contributed by atoms with Gasteiger partial charge < -0.3 is 26.2 Å². The minimum absolute atomic E-state index is 0.144. The average Bonchev–Trinajstić information content (AvgIpc) is 3.24. The molecule has 0 aliphatic heterocycles. The highest BCUT2D eigenvalue weighted by atomic mass is 16.3. The Bertz CT molecular complexity index is 2070. The minimum atomic E-state index is -0.260. The van der Waals surface area contributed by atoms with Crippen molar-refractivity contribution < 1.29 is 19.8 Å². The lowest BCUT2D eigenvalue weighted by Crippen LogP contribution is -2.31. The second-order valence-electron chi connectivity index (χ2n) is 13.5. The molecule has 4 aromatic carbocycles. The molecular weight excluding hydrogens is 751 g/mol. The van der Waals surface area contributed by atoms with Crippen LogP contribution in [-0.2, 0) is 28.9 Å². The topological polar surface area (TPSA) is 236 Å². The number of aromatic hydroxyl groups is 2. The molecule has 2 aromatic heterocycles. The maximum atomic E-state index is 12.7. The van der Waals surface area contributed by atoms with E-state index in [4.69, 9.17) is 0 Å². The molecule has 0 fully saturated rings. The third kappa shape index (κ3) is 14.5. The van der Waals surface area contributed by atoms with Gasteiger partial charge in [-0.1, -0.05) is 67.1 Å². The minimum Gasteiger partial charge on any atom is -0.508 e. The van der Waals surface area contributed by atoms with E-state index in [1.54, 1.807) is 24.3 Å². The van der Waals surface area contributed by atoms with Crippen molar-refractivity contribution in [1.29, 1.82) is 0 Å². The fraction of sp³-hybridized carbons (Fsp3) is 0.238. The van der Waals surface area contributed by atoms with Crippen molar-refractivity contribution in [2.24, 2.45) is 0 Å². The van der Waals surface area contributed by atoms with Gasteiger partial charge in [0.15, 0.2) is 0 Å². The van der Waals surface area contributed by atoms with Gasteiger partial charge in [-0.2, -0.15) is 29.9 Å².